The van der Waals surface area contributed by atoms with E-state index >= 15 is 0 Å². The van der Waals surface area contributed by atoms with Crippen LogP contribution in [0.15, 0.2) is 69.6 Å². The lowest BCUT2D eigenvalue weighted by Gasteiger charge is -2.21. The van der Waals surface area contributed by atoms with E-state index in [4.69, 9.17) is 32.7 Å². The molecule has 0 aliphatic carbocycles. The summed E-state index contributed by atoms with van der Waals surface area (Å²) in [4.78, 5) is 23.0. The van der Waals surface area contributed by atoms with Gasteiger partial charge < -0.3 is 9.47 Å². The van der Waals surface area contributed by atoms with E-state index in [1.807, 2.05) is 60.7 Å². The topological polar surface area (TPSA) is 52.6 Å². The third-order valence-electron chi connectivity index (χ3n) is 4.82. The first-order valence-electron chi connectivity index (χ1n) is 9.42. The van der Waals surface area contributed by atoms with Gasteiger partial charge in [-0.3, -0.25) is 9.59 Å². The molecule has 0 aliphatic rings. The van der Waals surface area contributed by atoms with Gasteiger partial charge in [-0.2, -0.15) is 0 Å². The zero-order valence-corrected chi connectivity index (χ0v) is 21.0. The summed E-state index contributed by atoms with van der Waals surface area (Å²) in [5.41, 5.74) is 1.39. The monoisotopic (exact) mass is 594 g/mol. The second-order valence-electron chi connectivity index (χ2n) is 6.85. The number of halogens is 4. The SMILES string of the molecule is O=C(Cl)COc1c(Br)cc2ccccc2c1-c1c(OCC(=O)Cl)c(Br)cc2ccccc12. The normalized spacial score (nSPS) is 11.0. The molecular formula is C24H14Br2Cl2O4. The van der Waals surface area contributed by atoms with Crippen molar-refractivity contribution in [2.45, 2.75) is 0 Å². The minimum absolute atomic E-state index is 0.312. The van der Waals surface area contributed by atoms with E-state index in [9.17, 15) is 9.59 Å². The van der Waals surface area contributed by atoms with Crippen molar-refractivity contribution in [3.8, 4) is 22.6 Å². The van der Waals surface area contributed by atoms with Gasteiger partial charge in [-0.05, 0) is 88.7 Å². The minimum Gasteiger partial charge on any atom is -0.483 e. The molecular weight excluding hydrogens is 583 g/mol. The number of fused-ring (bicyclic) bond motifs is 2. The first-order chi connectivity index (χ1) is 15.4. The van der Waals surface area contributed by atoms with Gasteiger partial charge in [0.05, 0.1) is 8.95 Å². The molecule has 0 bridgehead atoms. The van der Waals surface area contributed by atoms with Crippen molar-refractivity contribution < 1.29 is 19.1 Å². The molecule has 0 aromatic heterocycles. The lowest BCUT2D eigenvalue weighted by atomic mass is 9.92. The van der Waals surface area contributed by atoms with Crippen LogP contribution >= 0.6 is 55.1 Å². The lowest BCUT2D eigenvalue weighted by molar-refractivity contribution is -0.114. The maximum atomic E-state index is 11.5. The van der Waals surface area contributed by atoms with E-state index in [2.05, 4.69) is 31.9 Å². The maximum Gasteiger partial charge on any atom is 0.259 e. The first-order valence-corrected chi connectivity index (χ1v) is 11.8. The van der Waals surface area contributed by atoms with Crippen molar-refractivity contribution in [1.29, 1.82) is 0 Å². The van der Waals surface area contributed by atoms with Crippen LogP contribution in [0.5, 0.6) is 11.5 Å². The van der Waals surface area contributed by atoms with Gasteiger partial charge in [0.25, 0.3) is 10.5 Å². The Kier molecular flexibility index (Phi) is 7.05. The summed E-state index contributed by atoms with van der Waals surface area (Å²) in [6.45, 7) is -0.623. The average molecular weight is 597 g/mol. The number of hydrogen-bond acceptors (Lipinski definition) is 4. The summed E-state index contributed by atoms with van der Waals surface area (Å²) in [6, 6.07) is 19.4. The van der Waals surface area contributed by atoms with Crippen LogP contribution < -0.4 is 9.47 Å². The molecule has 0 N–H and O–H groups in total. The van der Waals surface area contributed by atoms with Gasteiger partial charge in [-0.25, -0.2) is 0 Å². The van der Waals surface area contributed by atoms with Crippen LogP contribution in [0, 0.1) is 0 Å². The zero-order chi connectivity index (χ0) is 22.8. The largest absolute Gasteiger partial charge is 0.483 e. The Hall–Kier alpha value is -2.12. The van der Waals surface area contributed by atoms with Crippen molar-refractivity contribution in [3.63, 3.8) is 0 Å². The number of carbonyl (C=O) groups is 2. The highest BCUT2D eigenvalue weighted by molar-refractivity contribution is 9.11. The van der Waals surface area contributed by atoms with Crippen LogP contribution in [0.2, 0.25) is 0 Å². The average Bonchev–Trinajstić information content (AvgIpc) is 2.75. The van der Waals surface area contributed by atoms with Gasteiger partial charge in [0.1, 0.15) is 11.5 Å². The van der Waals surface area contributed by atoms with Gasteiger partial charge in [0.2, 0.25) is 0 Å². The van der Waals surface area contributed by atoms with E-state index in [0.717, 1.165) is 21.5 Å². The standard InChI is InChI=1S/C24H14Br2Cl2O4/c25-17-9-13-5-1-3-7-15(13)21(23(17)31-11-19(27)29)22-16-8-4-2-6-14(16)10-18(26)24(22)32-12-20(28)30/h1-10H,11-12H2. The van der Waals surface area contributed by atoms with Crippen LogP contribution in [0.4, 0.5) is 0 Å². The molecule has 4 nitrogen and oxygen atoms in total. The Morgan fingerprint density at radius 3 is 1.44 bits per heavy atom. The van der Waals surface area contributed by atoms with Crippen molar-refractivity contribution in [2.75, 3.05) is 13.2 Å². The van der Waals surface area contributed by atoms with Gasteiger partial charge in [0, 0.05) is 11.1 Å². The highest BCUT2D eigenvalue weighted by atomic mass is 79.9. The second-order valence-corrected chi connectivity index (χ2v) is 9.41. The van der Waals surface area contributed by atoms with Gasteiger partial charge in [-0.1, -0.05) is 48.5 Å². The lowest BCUT2D eigenvalue weighted by Crippen LogP contribution is -2.08. The van der Waals surface area contributed by atoms with Crippen LogP contribution in [-0.2, 0) is 9.59 Å². The fourth-order valence-corrected chi connectivity index (χ4v) is 4.85. The molecule has 0 heterocycles. The third-order valence-corrected chi connectivity index (χ3v) is 6.22. The van der Waals surface area contributed by atoms with E-state index < -0.39 is 10.5 Å². The fraction of sp³-hybridized carbons (Fsp3) is 0.0833. The molecule has 0 aliphatic heterocycles. The van der Waals surface area contributed by atoms with Crippen molar-refractivity contribution in [1.82, 2.24) is 0 Å². The summed E-state index contributed by atoms with van der Waals surface area (Å²) < 4.78 is 13.0. The number of benzene rings is 4. The molecule has 0 fully saturated rings. The van der Waals surface area contributed by atoms with Crippen LogP contribution in [0.1, 0.15) is 0 Å². The summed E-state index contributed by atoms with van der Waals surface area (Å²) in [6.07, 6.45) is 0. The molecule has 162 valence electrons. The second kappa shape index (κ2) is 9.79. The summed E-state index contributed by atoms with van der Waals surface area (Å²) in [7, 11) is 0. The molecule has 0 radical (unpaired) electrons. The highest BCUT2D eigenvalue weighted by Gasteiger charge is 2.24. The number of ether oxygens (including phenoxy) is 2. The van der Waals surface area contributed by atoms with Crippen molar-refractivity contribution in [3.05, 3.63) is 69.6 Å². The number of carbonyl (C=O) groups excluding carboxylic acids is 2. The van der Waals surface area contributed by atoms with Gasteiger partial charge in [-0.15, -0.1) is 0 Å². The molecule has 4 rings (SSSR count). The first kappa shape index (κ1) is 23.1. The van der Waals surface area contributed by atoms with Gasteiger partial charge >= 0.3 is 0 Å². The summed E-state index contributed by atoms with van der Waals surface area (Å²) in [5, 5.41) is 2.39. The third kappa shape index (κ3) is 4.64. The van der Waals surface area contributed by atoms with E-state index in [1.165, 1.54) is 0 Å². The maximum absolute atomic E-state index is 11.5. The van der Waals surface area contributed by atoms with Crippen LogP contribution in [0.3, 0.4) is 0 Å². The predicted octanol–water partition coefficient (Wildman–Crippen LogP) is 7.47. The Balaban J connectivity index is 2.14. The summed E-state index contributed by atoms with van der Waals surface area (Å²) in [5.74, 6) is 0.867. The number of rotatable bonds is 7. The van der Waals surface area contributed by atoms with Crippen LogP contribution in [0.25, 0.3) is 32.7 Å². The molecule has 0 atom stereocenters. The Morgan fingerprint density at radius 1 is 0.688 bits per heavy atom. The molecule has 32 heavy (non-hydrogen) atoms. The zero-order valence-electron chi connectivity index (χ0n) is 16.3. The summed E-state index contributed by atoms with van der Waals surface area (Å²) >= 11 is 18.3. The predicted molar refractivity (Wildman–Crippen MR) is 135 cm³/mol. The van der Waals surface area contributed by atoms with Crippen molar-refractivity contribution >= 4 is 87.1 Å². The molecule has 4 aromatic carbocycles. The number of hydrogen-bond donors (Lipinski definition) is 0. The Labute approximate surface area is 210 Å². The molecule has 0 unspecified atom stereocenters. The molecule has 4 aromatic rings. The molecule has 8 heteroatoms. The minimum atomic E-state index is -0.626. The van der Waals surface area contributed by atoms with E-state index in [1.54, 1.807) is 0 Å². The Morgan fingerprint density at radius 2 is 1.06 bits per heavy atom. The molecule has 0 saturated heterocycles. The van der Waals surface area contributed by atoms with Crippen LogP contribution in [-0.4, -0.2) is 23.7 Å². The fourth-order valence-electron chi connectivity index (χ4n) is 3.63. The molecule has 0 amide bonds. The van der Waals surface area contributed by atoms with Crippen molar-refractivity contribution in [2.24, 2.45) is 0 Å². The highest BCUT2D eigenvalue weighted by Crippen LogP contribution is 2.50. The Bertz CT molecular complexity index is 1270. The smallest absolute Gasteiger partial charge is 0.259 e. The molecule has 0 spiro atoms. The van der Waals surface area contributed by atoms with E-state index in [-0.39, 0.29) is 13.2 Å². The van der Waals surface area contributed by atoms with Gasteiger partial charge in [0.15, 0.2) is 13.2 Å². The van der Waals surface area contributed by atoms with E-state index in [0.29, 0.717) is 31.6 Å². The quantitative estimate of drug-likeness (QED) is 0.208. The molecule has 0 saturated carbocycles.